The number of rotatable bonds is 7. The van der Waals surface area contributed by atoms with Gasteiger partial charge in [0.25, 0.3) is 0 Å². The van der Waals surface area contributed by atoms with Crippen molar-refractivity contribution in [2.75, 3.05) is 61.9 Å². The fraction of sp³-hybridized carbons (Fsp3) is 0.423. The molecule has 1 aromatic heterocycles. The summed E-state index contributed by atoms with van der Waals surface area (Å²) in [5.74, 6) is 2.22. The van der Waals surface area contributed by atoms with Gasteiger partial charge in [-0.05, 0) is 56.2 Å². The normalized spacial score (nSPS) is 16.1. The van der Waals surface area contributed by atoms with E-state index < -0.39 is 0 Å². The van der Waals surface area contributed by atoms with Crippen LogP contribution in [-0.4, -0.2) is 77.7 Å². The van der Waals surface area contributed by atoms with Crippen LogP contribution in [0.3, 0.4) is 0 Å². The average Bonchev–Trinajstić information content (AvgIpc) is 3.58. The quantitative estimate of drug-likeness (QED) is 0.467. The van der Waals surface area contributed by atoms with Gasteiger partial charge in [-0.15, -0.1) is 10.2 Å². The van der Waals surface area contributed by atoms with E-state index in [1.54, 1.807) is 7.11 Å². The van der Waals surface area contributed by atoms with Gasteiger partial charge in [0.05, 0.1) is 18.6 Å². The molecular weight excluding hydrogens is 460 g/mol. The maximum Gasteiger partial charge on any atom is 0.233 e. The molecule has 0 bridgehead atoms. The molecule has 0 atom stereocenters. The molecule has 184 valence electrons. The predicted octanol–water partition coefficient (Wildman–Crippen LogP) is 3.63. The first-order valence-electron chi connectivity index (χ1n) is 12.2. The third kappa shape index (κ3) is 5.24. The van der Waals surface area contributed by atoms with Crippen molar-refractivity contribution in [3.63, 3.8) is 0 Å². The number of piperazine rings is 1. The number of benzene rings is 2. The number of carbonyl (C=O) groups is 1. The van der Waals surface area contributed by atoms with Crippen molar-refractivity contribution in [2.45, 2.75) is 24.9 Å². The van der Waals surface area contributed by atoms with Crippen molar-refractivity contribution >= 4 is 29.3 Å². The molecule has 35 heavy (non-hydrogen) atoms. The maximum atomic E-state index is 13.1. The SMILES string of the molecule is COc1ccc(N2CCN(C(=O)CSc3nnc(N4CCCC4)n3-c3ccc(C)cc3)CC2)cc1. The van der Waals surface area contributed by atoms with Crippen LogP contribution >= 0.6 is 11.8 Å². The van der Waals surface area contributed by atoms with Crippen LogP contribution in [0.2, 0.25) is 0 Å². The van der Waals surface area contributed by atoms with E-state index >= 15 is 0 Å². The molecule has 0 N–H and O–H groups in total. The van der Waals surface area contributed by atoms with Crippen LogP contribution in [0.5, 0.6) is 5.75 Å². The van der Waals surface area contributed by atoms with Gasteiger partial charge < -0.3 is 19.4 Å². The van der Waals surface area contributed by atoms with Gasteiger partial charge >= 0.3 is 0 Å². The lowest BCUT2D eigenvalue weighted by atomic mass is 10.2. The molecule has 2 saturated heterocycles. The Balaban J connectivity index is 1.23. The fourth-order valence-electron chi connectivity index (χ4n) is 4.62. The highest BCUT2D eigenvalue weighted by Gasteiger charge is 2.25. The Morgan fingerprint density at radius 2 is 1.51 bits per heavy atom. The molecule has 8 nitrogen and oxygen atoms in total. The van der Waals surface area contributed by atoms with Crippen LogP contribution in [0.4, 0.5) is 11.6 Å². The van der Waals surface area contributed by atoms with Crippen LogP contribution < -0.4 is 14.5 Å². The highest BCUT2D eigenvalue weighted by Crippen LogP contribution is 2.29. The molecule has 9 heteroatoms. The summed E-state index contributed by atoms with van der Waals surface area (Å²) in [6.07, 6.45) is 2.34. The van der Waals surface area contributed by atoms with Gasteiger partial charge in [0, 0.05) is 45.0 Å². The second-order valence-corrected chi connectivity index (χ2v) is 9.94. The Kier molecular flexibility index (Phi) is 7.13. The summed E-state index contributed by atoms with van der Waals surface area (Å²) >= 11 is 1.47. The number of amides is 1. The van der Waals surface area contributed by atoms with Gasteiger partial charge in [-0.25, -0.2) is 0 Å². The largest absolute Gasteiger partial charge is 0.497 e. The van der Waals surface area contributed by atoms with E-state index in [4.69, 9.17) is 4.74 Å². The number of anilines is 2. The molecule has 0 unspecified atom stereocenters. The molecule has 3 aromatic rings. The first kappa shape index (κ1) is 23.5. The standard InChI is InChI=1S/C26H32N6O2S/c1-20-5-7-22(8-6-20)32-25(31-13-3-4-14-31)27-28-26(32)35-19-24(33)30-17-15-29(16-18-30)21-9-11-23(34-2)12-10-21/h5-12H,3-4,13-19H2,1-2H3. The average molecular weight is 493 g/mol. The molecule has 1 amide bonds. The Hall–Kier alpha value is -3.20. The zero-order valence-corrected chi connectivity index (χ0v) is 21.2. The van der Waals surface area contributed by atoms with E-state index in [0.717, 1.165) is 67.5 Å². The summed E-state index contributed by atoms with van der Waals surface area (Å²) < 4.78 is 7.35. The highest BCUT2D eigenvalue weighted by molar-refractivity contribution is 7.99. The minimum absolute atomic E-state index is 0.144. The van der Waals surface area contributed by atoms with E-state index in [1.807, 2.05) is 17.0 Å². The number of aryl methyl sites for hydroxylation is 1. The Morgan fingerprint density at radius 1 is 0.857 bits per heavy atom. The lowest BCUT2D eigenvalue weighted by Gasteiger charge is -2.36. The second kappa shape index (κ2) is 10.6. The number of hydrogen-bond donors (Lipinski definition) is 0. The van der Waals surface area contributed by atoms with Crippen molar-refractivity contribution < 1.29 is 9.53 Å². The van der Waals surface area contributed by atoms with Crippen LogP contribution in [0.25, 0.3) is 5.69 Å². The Morgan fingerprint density at radius 3 is 2.17 bits per heavy atom. The summed E-state index contributed by atoms with van der Waals surface area (Å²) in [7, 11) is 1.67. The minimum Gasteiger partial charge on any atom is -0.497 e. The van der Waals surface area contributed by atoms with E-state index in [-0.39, 0.29) is 5.91 Å². The smallest absolute Gasteiger partial charge is 0.233 e. The molecule has 3 heterocycles. The molecule has 2 fully saturated rings. The molecule has 0 radical (unpaired) electrons. The number of nitrogens with zero attached hydrogens (tertiary/aromatic N) is 6. The summed E-state index contributed by atoms with van der Waals surface area (Å²) in [6, 6.07) is 16.5. The monoisotopic (exact) mass is 492 g/mol. The molecule has 2 aliphatic rings. The van der Waals surface area contributed by atoms with E-state index in [2.05, 4.69) is 67.9 Å². The van der Waals surface area contributed by atoms with Crippen molar-refractivity contribution in [3.05, 3.63) is 54.1 Å². The van der Waals surface area contributed by atoms with Crippen LogP contribution in [0.15, 0.2) is 53.7 Å². The van der Waals surface area contributed by atoms with Gasteiger partial charge in [-0.1, -0.05) is 29.5 Å². The van der Waals surface area contributed by atoms with Crippen molar-refractivity contribution in [1.82, 2.24) is 19.7 Å². The van der Waals surface area contributed by atoms with Gasteiger partial charge in [0.2, 0.25) is 11.9 Å². The minimum atomic E-state index is 0.144. The summed E-state index contributed by atoms with van der Waals surface area (Å²) in [6.45, 7) is 7.14. The van der Waals surface area contributed by atoms with E-state index in [0.29, 0.717) is 5.75 Å². The zero-order valence-electron chi connectivity index (χ0n) is 20.4. The fourth-order valence-corrected chi connectivity index (χ4v) is 5.47. The molecule has 0 saturated carbocycles. The highest BCUT2D eigenvalue weighted by atomic mass is 32.2. The number of thioether (sulfide) groups is 1. The number of ether oxygens (including phenoxy) is 1. The van der Waals surface area contributed by atoms with Crippen molar-refractivity contribution in [3.8, 4) is 11.4 Å². The van der Waals surface area contributed by atoms with Gasteiger partial charge in [-0.2, -0.15) is 0 Å². The Labute approximate surface area is 210 Å². The second-order valence-electron chi connectivity index (χ2n) is 9.00. The Bertz CT molecular complexity index is 1130. The maximum absolute atomic E-state index is 13.1. The van der Waals surface area contributed by atoms with Gasteiger partial charge in [0.15, 0.2) is 5.16 Å². The molecule has 0 spiro atoms. The van der Waals surface area contributed by atoms with E-state index in [1.165, 1.54) is 30.2 Å². The molecule has 2 aromatic carbocycles. The zero-order chi connectivity index (χ0) is 24.2. The summed E-state index contributed by atoms with van der Waals surface area (Å²) in [5, 5.41) is 9.77. The number of methoxy groups -OCH3 is 1. The topological polar surface area (TPSA) is 66.7 Å². The van der Waals surface area contributed by atoms with E-state index in [9.17, 15) is 4.79 Å². The van der Waals surface area contributed by atoms with Crippen LogP contribution in [0, 0.1) is 6.92 Å². The number of aromatic nitrogens is 3. The lowest BCUT2D eigenvalue weighted by molar-refractivity contribution is -0.128. The third-order valence-electron chi connectivity index (χ3n) is 6.69. The third-order valence-corrected chi connectivity index (χ3v) is 7.61. The van der Waals surface area contributed by atoms with Crippen molar-refractivity contribution in [2.24, 2.45) is 0 Å². The first-order valence-corrected chi connectivity index (χ1v) is 13.2. The molecular formula is C26H32N6O2S. The predicted molar refractivity (Wildman–Crippen MR) is 140 cm³/mol. The summed E-state index contributed by atoms with van der Waals surface area (Å²) in [4.78, 5) is 19.6. The lowest BCUT2D eigenvalue weighted by Crippen LogP contribution is -2.49. The summed E-state index contributed by atoms with van der Waals surface area (Å²) in [5.41, 5.74) is 3.40. The molecule has 5 rings (SSSR count). The number of hydrogen-bond acceptors (Lipinski definition) is 7. The van der Waals surface area contributed by atoms with Crippen LogP contribution in [0.1, 0.15) is 18.4 Å². The van der Waals surface area contributed by atoms with Crippen molar-refractivity contribution in [1.29, 1.82) is 0 Å². The molecule has 0 aliphatic carbocycles. The van der Waals surface area contributed by atoms with Crippen LogP contribution in [-0.2, 0) is 4.79 Å². The van der Waals surface area contributed by atoms with Gasteiger partial charge in [0.1, 0.15) is 5.75 Å². The van der Waals surface area contributed by atoms with Gasteiger partial charge in [-0.3, -0.25) is 9.36 Å². The molecule has 2 aliphatic heterocycles. The first-order chi connectivity index (χ1) is 17.1. The number of carbonyl (C=O) groups excluding carboxylic acids is 1.